The van der Waals surface area contributed by atoms with E-state index in [9.17, 15) is 14.4 Å². The first-order valence-electron chi connectivity index (χ1n) is 9.51. The van der Waals surface area contributed by atoms with Gasteiger partial charge in [0, 0.05) is 30.5 Å². The third-order valence-electron chi connectivity index (χ3n) is 4.83. The number of amides is 3. The molecular formula is C20H27N3O3. The molecule has 3 N–H and O–H groups in total. The molecule has 0 aliphatic heterocycles. The summed E-state index contributed by atoms with van der Waals surface area (Å²) in [5, 5.41) is 8.74. The average Bonchev–Trinajstić information content (AvgIpc) is 3.50. The van der Waals surface area contributed by atoms with Gasteiger partial charge in [-0.15, -0.1) is 0 Å². The molecule has 0 spiro atoms. The molecule has 3 rings (SSSR count). The number of anilines is 1. The van der Waals surface area contributed by atoms with Crippen molar-refractivity contribution >= 4 is 23.4 Å². The molecule has 0 bridgehead atoms. The molecule has 140 valence electrons. The molecule has 0 aromatic heterocycles. The maximum atomic E-state index is 12.0. The second-order valence-corrected chi connectivity index (χ2v) is 7.34. The van der Waals surface area contributed by atoms with Crippen molar-refractivity contribution in [3.8, 4) is 0 Å². The van der Waals surface area contributed by atoms with Crippen LogP contribution in [-0.4, -0.2) is 24.3 Å². The Morgan fingerprint density at radius 3 is 2.23 bits per heavy atom. The van der Waals surface area contributed by atoms with Crippen molar-refractivity contribution in [2.45, 2.75) is 51.5 Å². The van der Waals surface area contributed by atoms with Crippen LogP contribution in [-0.2, 0) is 14.4 Å². The Morgan fingerprint density at radius 2 is 1.62 bits per heavy atom. The minimum atomic E-state index is -0.100. The van der Waals surface area contributed by atoms with Gasteiger partial charge in [0.05, 0.1) is 6.04 Å². The summed E-state index contributed by atoms with van der Waals surface area (Å²) in [6, 6.07) is 7.47. The molecule has 2 fully saturated rings. The van der Waals surface area contributed by atoms with Crippen LogP contribution < -0.4 is 16.0 Å². The van der Waals surface area contributed by atoms with Gasteiger partial charge in [-0.1, -0.05) is 12.1 Å². The minimum absolute atomic E-state index is 0.0238. The first-order valence-corrected chi connectivity index (χ1v) is 9.51. The van der Waals surface area contributed by atoms with Crippen LogP contribution in [0.5, 0.6) is 0 Å². The number of nitrogens with one attached hydrogen (secondary N) is 3. The summed E-state index contributed by atoms with van der Waals surface area (Å²) in [6.07, 6.45) is 4.99. The lowest BCUT2D eigenvalue weighted by atomic mass is 10.1. The molecule has 0 radical (unpaired) electrons. The summed E-state index contributed by atoms with van der Waals surface area (Å²) >= 11 is 0. The second kappa shape index (κ2) is 8.34. The van der Waals surface area contributed by atoms with Crippen LogP contribution in [0, 0.1) is 11.8 Å². The Balaban J connectivity index is 1.36. The molecule has 26 heavy (non-hydrogen) atoms. The van der Waals surface area contributed by atoms with Gasteiger partial charge >= 0.3 is 0 Å². The van der Waals surface area contributed by atoms with Crippen molar-refractivity contribution in [1.82, 2.24) is 10.6 Å². The maximum absolute atomic E-state index is 12.0. The van der Waals surface area contributed by atoms with E-state index in [2.05, 4.69) is 16.0 Å². The topological polar surface area (TPSA) is 87.3 Å². The molecule has 1 aromatic carbocycles. The van der Waals surface area contributed by atoms with Gasteiger partial charge in [-0.3, -0.25) is 14.4 Å². The van der Waals surface area contributed by atoms with Crippen LogP contribution in [0.1, 0.15) is 57.1 Å². The van der Waals surface area contributed by atoms with Gasteiger partial charge in [-0.25, -0.2) is 0 Å². The predicted octanol–water partition coefficient (Wildman–Crippen LogP) is 2.52. The molecule has 1 aromatic rings. The molecule has 0 heterocycles. The largest absolute Gasteiger partial charge is 0.356 e. The molecule has 1 atom stereocenters. The van der Waals surface area contributed by atoms with Crippen LogP contribution in [0.25, 0.3) is 0 Å². The number of carbonyl (C=O) groups excluding carboxylic acids is 3. The van der Waals surface area contributed by atoms with Crippen molar-refractivity contribution in [1.29, 1.82) is 0 Å². The lowest BCUT2D eigenvalue weighted by Crippen LogP contribution is -2.29. The Kier molecular flexibility index (Phi) is 5.91. The van der Waals surface area contributed by atoms with E-state index in [1.807, 2.05) is 31.2 Å². The van der Waals surface area contributed by atoms with Gasteiger partial charge in [0.15, 0.2) is 0 Å². The van der Waals surface area contributed by atoms with Crippen LogP contribution in [0.4, 0.5) is 5.69 Å². The zero-order valence-corrected chi connectivity index (χ0v) is 15.2. The lowest BCUT2D eigenvalue weighted by molar-refractivity contribution is -0.123. The first kappa shape index (κ1) is 18.4. The van der Waals surface area contributed by atoms with Crippen LogP contribution in [0.15, 0.2) is 24.3 Å². The third kappa shape index (κ3) is 5.58. The fourth-order valence-corrected chi connectivity index (χ4v) is 2.79. The molecule has 6 heteroatoms. The molecule has 2 saturated carbocycles. The molecule has 2 aliphatic carbocycles. The monoisotopic (exact) mass is 357 g/mol. The number of hydrogen-bond donors (Lipinski definition) is 3. The van der Waals surface area contributed by atoms with Gasteiger partial charge in [-0.05, 0) is 56.7 Å². The Hall–Kier alpha value is -2.37. The molecule has 3 amide bonds. The first-order chi connectivity index (χ1) is 12.5. The summed E-state index contributed by atoms with van der Waals surface area (Å²) in [7, 11) is 0. The van der Waals surface area contributed by atoms with Crippen molar-refractivity contribution in [3.63, 3.8) is 0 Å². The summed E-state index contributed by atoms with van der Waals surface area (Å²) in [4.78, 5) is 35.3. The zero-order chi connectivity index (χ0) is 18.5. The fourth-order valence-electron chi connectivity index (χ4n) is 2.79. The van der Waals surface area contributed by atoms with E-state index >= 15 is 0 Å². The van der Waals surface area contributed by atoms with E-state index in [1.54, 1.807) is 0 Å². The van der Waals surface area contributed by atoms with Crippen molar-refractivity contribution in [3.05, 3.63) is 29.8 Å². The quantitative estimate of drug-likeness (QED) is 0.594. The molecule has 2 aliphatic rings. The van der Waals surface area contributed by atoms with Crippen molar-refractivity contribution in [2.24, 2.45) is 11.8 Å². The van der Waals surface area contributed by atoms with E-state index in [0.29, 0.717) is 19.4 Å². The number of benzene rings is 1. The minimum Gasteiger partial charge on any atom is -0.356 e. The van der Waals surface area contributed by atoms with Gasteiger partial charge < -0.3 is 16.0 Å². The molecule has 6 nitrogen and oxygen atoms in total. The molecule has 0 saturated heterocycles. The lowest BCUT2D eigenvalue weighted by Gasteiger charge is -2.15. The SMILES string of the molecule is CC(NC(=O)CCCNC(=O)C1CC1)c1ccc(NC(=O)C2CC2)cc1. The Labute approximate surface area is 154 Å². The number of hydrogen-bond acceptors (Lipinski definition) is 3. The number of carbonyl (C=O) groups is 3. The van der Waals surface area contributed by atoms with E-state index in [4.69, 9.17) is 0 Å². The van der Waals surface area contributed by atoms with Crippen LogP contribution in [0.3, 0.4) is 0 Å². The van der Waals surface area contributed by atoms with Crippen molar-refractivity contribution < 1.29 is 14.4 Å². The van der Waals surface area contributed by atoms with Crippen LogP contribution >= 0.6 is 0 Å². The summed E-state index contributed by atoms with van der Waals surface area (Å²) in [5.74, 6) is 0.577. The van der Waals surface area contributed by atoms with E-state index in [1.165, 1.54) is 0 Å². The Bertz CT molecular complexity index is 663. The van der Waals surface area contributed by atoms with E-state index in [-0.39, 0.29) is 35.6 Å². The second-order valence-electron chi connectivity index (χ2n) is 7.34. The average molecular weight is 357 g/mol. The summed E-state index contributed by atoms with van der Waals surface area (Å²) in [5.41, 5.74) is 1.78. The standard InChI is InChI=1S/C20H27N3O3/c1-13(22-18(24)3-2-12-21-19(25)15-4-5-15)14-8-10-17(11-9-14)23-20(26)16-6-7-16/h8-11,13,15-16H,2-7,12H2,1H3,(H,21,25)(H,22,24)(H,23,26). The molecular weight excluding hydrogens is 330 g/mol. The normalized spacial score (nSPS) is 17.3. The van der Waals surface area contributed by atoms with Gasteiger partial charge in [0.1, 0.15) is 0 Å². The maximum Gasteiger partial charge on any atom is 0.227 e. The van der Waals surface area contributed by atoms with E-state index in [0.717, 1.165) is 36.9 Å². The third-order valence-corrected chi connectivity index (χ3v) is 4.83. The number of rotatable bonds is 9. The summed E-state index contributed by atoms with van der Waals surface area (Å²) in [6.45, 7) is 2.48. The van der Waals surface area contributed by atoms with Crippen LogP contribution in [0.2, 0.25) is 0 Å². The highest BCUT2D eigenvalue weighted by atomic mass is 16.2. The summed E-state index contributed by atoms with van der Waals surface area (Å²) < 4.78 is 0. The highest BCUT2D eigenvalue weighted by Gasteiger charge is 2.30. The van der Waals surface area contributed by atoms with Crippen molar-refractivity contribution in [2.75, 3.05) is 11.9 Å². The van der Waals surface area contributed by atoms with Gasteiger partial charge in [-0.2, -0.15) is 0 Å². The highest BCUT2D eigenvalue weighted by Crippen LogP contribution is 2.30. The molecule has 1 unspecified atom stereocenters. The van der Waals surface area contributed by atoms with E-state index < -0.39 is 0 Å². The Morgan fingerprint density at radius 1 is 1.00 bits per heavy atom. The highest BCUT2D eigenvalue weighted by molar-refractivity contribution is 5.94. The zero-order valence-electron chi connectivity index (χ0n) is 15.2. The van der Waals surface area contributed by atoms with Gasteiger partial charge in [0.25, 0.3) is 0 Å². The van der Waals surface area contributed by atoms with Gasteiger partial charge in [0.2, 0.25) is 17.7 Å². The fraction of sp³-hybridized carbons (Fsp3) is 0.550. The predicted molar refractivity (Wildman–Crippen MR) is 99.3 cm³/mol. The smallest absolute Gasteiger partial charge is 0.227 e.